The molecule has 2 N–H and O–H groups in total. The number of amides is 1. The maximum Gasteiger partial charge on any atom is 0.278 e. The number of carbonyl (C=O) groups is 2. The number of rotatable bonds is 4. The van der Waals surface area contributed by atoms with Crippen molar-refractivity contribution in [3.8, 4) is 0 Å². The number of halogens is 1. The number of nitrogens with one attached hydrogen (secondary N) is 2. The Kier molecular flexibility index (Phi) is 6.27. The third-order valence-electron chi connectivity index (χ3n) is 4.32. The number of hydrogen-bond acceptors (Lipinski definition) is 5. The monoisotopic (exact) mass is 363 g/mol. The Morgan fingerprint density at radius 2 is 2.00 bits per heavy atom. The summed E-state index contributed by atoms with van der Waals surface area (Å²) in [6, 6.07) is 7.15. The molecule has 25 heavy (non-hydrogen) atoms. The van der Waals surface area contributed by atoms with Crippen LogP contribution >= 0.6 is 12.4 Å². The quantitative estimate of drug-likeness (QED) is 0.814. The van der Waals surface area contributed by atoms with Crippen molar-refractivity contribution in [1.29, 1.82) is 0 Å². The average molecular weight is 364 g/mol. The predicted octanol–water partition coefficient (Wildman–Crippen LogP) is 2.39. The second-order valence-electron chi connectivity index (χ2n) is 6.04. The summed E-state index contributed by atoms with van der Waals surface area (Å²) in [7, 11) is 0. The number of piperidine rings is 1. The van der Waals surface area contributed by atoms with Crippen molar-refractivity contribution in [3.05, 3.63) is 41.2 Å². The van der Waals surface area contributed by atoms with Crippen LogP contribution in [-0.2, 0) is 0 Å². The van der Waals surface area contributed by atoms with Crippen LogP contribution in [0.2, 0.25) is 0 Å². The molecule has 0 radical (unpaired) electrons. The highest BCUT2D eigenvalue weighted by molar-refractivity contribution is 6.04. The van der Waals surface area contributed by atoms with Crippen LogP contribution in [0.4, 0.5) is 5.69 Å². The summed E-state index contributed by atoms with van der Waals surface area (Å²) in [5.74, 6) is -0.354. The molecule has 7 nitrogen and oxygen atoms in total. The summed E-state index contributed by atoms with van der Waals surface area (Å²) in [5.41, 5.74) is 2.22. The van der Waals surface area contributed by atoms with Gasteiger partial charge in [0.1, 0.15) is 0 Å². The zero-order valence-corrected chi connectivity index (χ0v) is 15.1. The number of benzene rings is 1. The highest BCUT2D eigenvalue weighted by Crippen LogP contribution is 2.21. The molecule has 0 saturated carbocycles. The number of nitrogens with zero attached hydrogens (tertiary/aromatic N) is 3. The van der Waals surface area contributed by atoms with E-state index >= 15 is 0 Å². The van der Waals surface area contributed by atoms with E-state index in [2.05, 4.69) is 20.9 Å². The fraction of sp³-hybridized carbons (Fsp3) is 0.412. The number of hydrogen-bond donors (Lipinski definition) is 2. The Balaban J connectivity index is 0.00000225. The number of aromatic nitrogens is 3. The van der Waals surface area contributed by atoms with Gasteiger partial charge in [0.15, 0.2) is 11.5 Å². The highest BCUT2D eigenvalue weighted by Gasteiger charge is 2.23. The first-order chi connectivity index (χ1) is 11.6. The van der Waals surface area contributed by atoms with Crippen LogP contribution in [0.3, 0.4) is 0 Å². The molecule has 134 valence electrons. The minimum Gasteiger partial charge on any atom is -0.321 e. The van der Waals surface area contributed by atoms with Crippen molar-refractivity contribution in [1.82, 2.24) is 20.3 Å². The van der Waals surface area contributed by atoms with E-state index in [4.69, 9.17) is 0 Å². The fourth-order valence-electron chi connectivity index (χ4n) is 2.95. The molecule has 2 heterocycles. The second-order valence-corrected chi connectivity index (χ2v) is 6.04. The van der Waals surface area contributed by atoms with Crippen LogP contribution in [0.15, 0.2) is 24.3 Å². The Labute approximate surface area is 152 Å². The Morgan fingerprint density at radius 1 is 1.28 bits per heavy atom. The molecule has 1 saturated heterocycles. The largest absolute Gasteiger partial charge is 0.321 e. The Bertz CT molecular complexity index is 768. The molecule has 1 aliphatic rings. The molecule has 0 bridgehead atoms. The van der Waals surface area contributed by atoms with Crippen LogP contribution in [0.25, 0.3) is 0 Å². The highest BCUT2D eigenvalue weighted by atomic mass is 35.5. The lowest BCUT2D eigenvalue weighted by molar-refractivity contribution is 0.100. The van der Waals surface area contributed by atoms with Crippen LogP contribution < -0.4 is 10.6 Å². The molecule has 0 spiro atoms. The molecule has 1 aromatic heterocycles. The summed E-state index contributed by atoms with van der Waals surface area (Å²) < 4.78 is 1.85. The molecule has 8 heteroatoms. The summed E-state index contributed by atoms with van der Waals surface area (Å²) in [4.78, 5) is 23.9. The lowest BCUT2D eigenvalue weighted by Crippen LogP contribution is -2.30. The van der Waals surface area contributed by atoms with E-state index in [1.54, 1.807) is 24.3 Å². The van der Waals surface area contributed by atoms with Gasteiger partial charge in [-0.3, -0.25) is 9.59 Å². The third kappa shape index (κ3) is 4.24. The zero-order valence-electron chi connectivity index (χ0n) is 14.3. The van der Waals surface area contributed by atoms with E-state index < -0.39 is 0 Å². The first kappa shape index (κ1) is 19.1. The van der Waals surface area contributed by atoms with Gasteiger partial charge in [0.05, 0.1) is 11.7 Å². The van der Waals surface area contributed by atoms with E-state index in [1.165, 1.54) is 6.92 Å². The molecule has 1 aromatic carbocycles. The van der Waals surface area contributed by atoms with Gasteiger partial charge in [0.2, 0.25) is 0 Å². The van der Waals surface area contributed by atoms with E-state index in [0.717, 1.165) is 31.6 Å². The molecule has 3 rings (SSSR count). The van der Waals surface area contributed by atoms with Crippen LogP contribution in [-0.4, -0.2) is 39.8 Å². The normalized spacial score (nSPS) is 14.6. The maximum absolute atomic E-state index is 12.5. The van der Waals surface area contributed by atoms with Gasteiger partial charge >= 0.3 is 0 Å². The van der Waals surface area contributed by atoms with E-state index in [1.807, 2.05) is 11.6 Å². The molecule has 1 amide bonds. The lowest BCUT2D eigenvalue weighted by atomic mass is 10.1. The number of Topliss-reactive ketones (excluding diaryl/α,β-unsaturated/α-hetero) is 1. The second kappa shape index (κ2) is 8.22. The summed E-state index contributed by atoms with van der Waals surface area (Å²) >= 11 is 0. The van der Waals surface area contributed by atoms with Crippen molar-refractivity contribution in [2.24, 2.45) is 0 Å². The standard InChI is InChI=1S/C17H21N5O2.ClH/c1-11-16(20-21-22(11)15-6-8-18-9-7-15)17(24)19-14-5-3-4-13(10-14)12(2)23;/h3-5,10,15,18H,6-9H2,1-2H3,(H,19,24);1H. The van der Waals surface area contributed by atoms with Gasteiger partial charge in [0, 0.05) is 11.3 Å². The fourth-order valence-corrected chi connectivity index (χ4v) is 2.95. The van der Waals surface area contributed by atoms with Gasteiger partial charge in [-0.25, -0.2) is 4.68 Å². The summed E-state index contributed by atoms with van der Waals surface area (Å²) in [6.45, 7) is 5.26. The molecule has 0 unspecified atom stereocenters. The maximum atomic E-state index is 12.5. The topological polar surface area (TPSA) is 88.9 Å². The van der Waals surface area contributed by atoms with Crippen molar-refractivity contribution in [2.45, 2.75) is 32.7 Å². The summed E-state index contributed by atoms with van der Waals surface area (Å²) in [5, 5.41) is 14.3. The Morgan fingerprint density at radius 3 is 2.68 bits per heavy atom. The number of ketones is 1. The van der Waals surface area contributed by atoms with Crippen molar-refractivity contribution in [3.63, 3.8) is 0 Å². The molecule has 2 aromatic rings. The lowest BCUT2D eigenvalue weighted by Gasteiger charge is -2.23. The molecular weight excluding hydrogens is 342 g/mol. The third-order valence-corrected chi connectivity index (χ3v) is 4.32. The molecule has 1 fully saturated rings. The predicted molar refractivity (Wildman–Crippen MR) is 97.5 cm³/mol. The first-order valence-electron chi connectivity index (χ1n) is 8.11. The molecule has 0 aliphatic carbocycles. The van der Waals surface area contributed by atoms with Gasteiger partial charge in [-0.2, -0.15) is 0 Å². The SMILES string of the molecule is CC(=O)c1cccc(NC(=O)c2nnn(C3CCNCC3)c2C)c1.Cl. The average Bonchev–Trinajstić information content (AvgIpc) is 2.97. The minimum atomic E-state index is -0.312. The van der Waals surface area contributed by atoms with Crippen LogP contribution in [0.1, 0.15) is 52.3 Å². The Hall–Kier alpha value is -2.25. The molecule has 0 atom stereocenters. The number of anilines is 1. The van der Waals surface area contributed by atoms with E-state index in [-0.39, 0.29) is 30.1 Å². The van der Waals surface area contributed by atoms with Crippen LogP contribution in [0, 0.1) is 6.92 Å². The van der Waals surface area contributed by atoms with Gasteiger partial charge < -0.3 is 10.6 Å². The number of carbonyl (C=O) groups excluding carboxylic acids is 2. The summed E-state index contributed by atoms with van der Waals surface area (Å²) in [6.07, 6.45) is 1.96. The van der Waals surface area contributed by atoms with E-state index in [0.29, 0.717) is 16.9 Å². The van der Waals surface area contributed by atoms with Crippen molar-refractivity contribution < 1.29 is 9.59 Å². The van der Waals surface area contributed by atoms with Gasteiger partial charge in [-0.1, -0.05) is 17.3 Å². The zero-order chi connectivity index (χ0) is 17.1. The van der Waals surface area contributed by atoms with Crippen molar-refractivity contribution in [2.75, 3.05) is 18.4 Å². The molecule has 1 aliphatic heterocycles. The van der Waals surface area contributed by atoms with Crippen molar-refractivity contribution >= 4 is 29.8 Å². The smallest absolute Gasteiger partial charge is 0.278 e. The van der Waals surface area contributed by atoms with Crippen LogP contribution in [0.5, 0.6) is 0 Å². The van der Waals surface area contributed by atoms with Gasteiger partial charge in [0.25, 0.3) is 5.91 Å². The van der Waals surface area contributed by atoms with Gasteiger partial charge in [-0.05, 0) is 51.9 Å². The van der Waals surface area contributed by atoms with E-state index in [9.17, 15) is 9.59 Å². The first-order valence-corrected chi connectivity index (χ1v) is 8.11. The molecular formula is C17H22ClN5O2. The minimum absolute atomic E-state index is 0. The van der Waals surface area contributed by atoms with Gasteiger partial charge in [-0.15, -0.1) is 17.5 Å².